The van der Waals surface area contributed by atoms with Gasteiger partial charge in [0.15, 0.2) is 17.5 Å². The van der Waals surface area contributed by atoms with Crippen LogP contribution in [0.1, 0.15) is 55.4 Å². The van der Waals surface area contributed by atoms with Gasteiger partial charge in [-0.3, -0.25) is 14.4 Å². The predicted molar refractivity (Wildman–Crippen MR) is 114 cm³/mol. The third kappa shape index (κ3) is 6.15. The second kappa shape index (κ2) is 11.3. The lowest BCUT2D eigenvalue weighted by Crippen LogP contribution is -2.47. The molecule has 35 heavy (non-hydrogen) atoms. The van der Waals surface area contributed by atoms with Crippen molar-refractivity contribution in [3.8, 4) is 0 Å². The van der Waals surface area contributed by atoms with Crippen molar-refractivity contribution >= 4 is 18.3 Å². The Kier molecular flexibility index (Phi) is 8.43. The summed E-state index contributed by atoms with van der Waals surface area (Å²) in [6.07, 6.45) is 1.21. The first-order valence-electron chi connectivity index (χ1n) is 11.0. The van der Waals surface area contributed by atoms with Crippen LogP contribution in [0.25, 0.3) is 0 Å². The first kappa shape index (κ1) is 26.1. The van der Waals surface area contributed by atoms with E-state index in [1.165, 1.54) is 6.92 Å². The minimum absolute atomic E-state index is 0.00266. The Morgan fingerprint density at radius 3 is 2.57 bits per heavy atom. The van der Waals surface area contributed by atoms with Crippen molar-refractivity contribution in [1.82, 2.24) is 19.9 Å². The number of halogens is 3. The molecule has 1 aromatic heterocycles. The van der Waals surface area contributed by atoms with Crippen LogP contribution in [0.3, 0.4) is 0 Å². The van der Waals surface area contributed by atoms with Gasteiger partial charge in [-0.25, -0.2) is 13.2 Å². The molecule has 190 valence electrons. The third-order valence-corrected chi connectivity index (χ3v) is 6.02. The van der Waals surface area contributed by atoms with Crippen molar-refractivity contribution in [2.75, 3.05) is 19.6 Å². The maximum absolute atomic E-state index is 13.9. The Bertz CT molecular complexity index is 1080. The molecule has 0 bridgehead atoms. The summed E-state index contributed by atoms with van der Waals surface area (Å²) in [7, 11) is 0. The standard InChI is InChI=1S/C21H24F3N5O3.CH2O2/c1-11(30)28-9-13(10-28)20-26-21(32-27-20)18-3-2-4-29(18)19(31)7-14(25)5-12-6-16(23)17(24)8-15(12)22;2-1-3/h6,8,13-14,18H,2-5,7,9-10,25H2,1H3;1H,(H,2,3)/t14-,18+;/m1./s1. The van der Waals surface area contributed by atoms with E-state index in [1.807, 2.05) is 0 Å². The summed E-state index contributed by atoms with van der Waals surface area (Å²) < 4.78 is 45.8. The van der Waals surface area contributed by atoms with Crippen LogP contribution >= 0.6 is 0 Å². The molecule has 2 aliphatic rings. The van der Waals surface area contributed by atoms with E-state index in [1.54, 1.807) is 9.80 Å². The minimum atomic E-state index is -1.27. The quantitative estimate of drug-likeness (QED) is 0.454. The fourth-order valence-corrected chi connectivity index (χ4v) is 4.19. The number of carbonyl (C=O) groups excluding carboxylic acids is 2. The van der Waals surface area contributed by atoms with Crippen LogP contribution in [0, 0.1) is 17.5 Å². The molecular formula is C22H26F3N5O5. The van der Waals surface area contributed by atoms with Crippen molar-refractivity contribution in [3.05, 3.63) is 46.9 Å². The van der Waals surface area contributed by atoms with Crippen LogP contribution in [0.5, 0.6) is 0 Å². The van der Waals surface area contributed by atoms with Crippen LogP contribution in [-0.2, 0) is 20.8 Å². The zero-order chi connectivity index (χ0) is 25.7. The number of likely N-dealkylation sites (tertiary alicyclic amines) is 2. The van der Waals surface area contributed by atoms with Crippen LogP contribution in [0.15, 0.2) is 16.7 Å². The predicted octanol–water partition coefficient (Wildman–Crippen LogP) is 1.76. The Morgan fingerprint density at radius 2 is 1.91 bits per heavy atom. The summed E-state index contributed by atoms with van der Waals surface area (Å²) in [6, 6.07) is 0.0934. The van der Waals surface area contributed by atoms with Crippen molar-refractivity contribution in [2.24, 2.45) is 5.73 Å². The molecule has 2 saturated heterocycles. The molecule has 0 spiro atoms. The summed E-state index contributed by atoms with van der Waals surface area (Å²) in [5, 5.41) is 10.9. The molecule has 0 aliphatic carbocycles. The highest BCUT2D eigenvalue weighted by atomic mass is 19.2. The number of carboxylic acid groups (broad SMARTS) is 1. The summed E-state index contributed by atoms with van der Waals surface area (Å²) in [5.41, 5.74) is 5.93. The molecule has 3 heterocycles. The van der Waals surface area contributed by atoms with Crippen LogP contribution in [-0.4, -0.2) is 69.0 Å². The lowest BCUT2D eigenvalue weighted by Gasteiger charge is -2.36. The average molecular weight is 497 g/mol. The summed E-state index contributed by atoms with van der Waals surface area (Å²) in [5.74, 6) is -2.72. The van der Waals surface area contributed by atoms with Crippen molar-refractivity contribution in [2.45, 2.75) is 50.6 Å². The molecule has 4 rings (SSSR count). The van der Waals surface area contributed by atoms with E-state index in [4.69, 9.17) is 20.2 Å². The molecule has 3 N–H and O–H groups in total. The molecule has 2 aliphatic heterocycles. The molecule has 2 fully saturated rings. The van der Waals surface area contributed by atoms with E-state index in [0.29, 0.717) is 43.8 Å². The highest BCUT2D eigenvalue weighted by Gasteiger charge is 2.37. The van der Waals surface area contributed by atoms with E-state index in [-0.39, 0.29) is 48.7 Å². The van der Waals surface area contributed by atoms with Crippen LogP contribution in [0.4, 0.5) is 13.2 Å². The molecule has 13 heteroatoms. The first-order valence-corrected chi connectivity index (χ1v) is 11.0. The van der Waals surface area contributed by atoms with Gasteiger partial charge in [0.1, 0.15) is 11.9 Å². The number of hydrogen-bond donors (Lipinski definition) is 2. The Labute approximate surface area is 198 Å². The Morgan fingerprint density at radius 1 is 1.26 bits per heavy atom. The number of aromatic nitrogens is 2. The van der Waals surface area contributed by atoms with Crippen molar-refractivity contribution < 1.29 is 37.2 Å². The Balaban J connectivity index is 0.00000108. The van der Waals surface area contributed by atoms with E-state index in [9.17, 15) is 22.8 Å². The molecule has 2 aromatic rings. The van der Waals surface area contributed by atoms with E-state index < -0.39 is 23.5 Å². The molecule has 10 nitrogen and oxygen atoms in total. The minimum Gasteiger partial charge on any atom is -0.483 e. The number of nitrogens with two attached hydrogens (primary N) is 1. The zero-order valence-corrected chi connectivity index (χ0v) is 19.0. The molecule has 0 radical (unpaired) electrons. The number of carbonyl (C=O) groups is 3. The van der Waals surface area contributed by atoms with Gasteiger partial charge in [-0.1, -0.05) is 5.16 Å². The lowest BCUT2D eigenvalue weighted by atomic mass is 9.99. The lowest BCUT2D eigenvalue weighted by molar-refractivity contribution is -0.134. The number of hydrogen-bond acceptors (Lipinski definition) is 7. The fourth-order valence-electron chi connectivity index (χ4n) is 4.19. The van der Waals surface area contributed by atoms with Gasteiger partial charge < -0.3 is 25.2 Å². The maximum atomic E-state index is 13.9. The largest absolute Gasteiger partial charge is 0.483 e. The SMILES string of the molecule is CC(=O)N1CC(c2noc([C@@H]3CCCN3C(=O)C[C@H](N)Cc3cc(F)c(F)cc3F)n2)C1.O=CO. The smallest absolute Gasteiger partial charge is 0.290 e. The summed E-state index contributed by atoms with van der Waals surface area (Å²) >= 11 is 0. The number of rotatable bonds is 6. The highest BCUT2D eigenvalue weighted by Crippen LogP contribution is 2.33. The molecule has 2 atom stereocenters. The van der Waals surface area contributed by atoms with Gasteiger partial charge in [0, 0.05) is 45.1 Å². The Hall–Kier alpha value is -3.48. The monoisotopic (exact) mass is 497 g/mol. The van der Waals surface area contributed by atoms with E-state index in [2.05, 4.69) is 10.1 Å². The fraction of sp³-hybridized carbons (Fsp3) is 0.500. The maximum Gasteiger partial charge on any atom is 0.290 e. The van der Waals surface area contributed by atoms with Gasteiger partial charge in [0.2, 0.25) is 17.7 Å². The van der Waals surface area contributed by atoms with Gasteiger partial charge in [0.05, 0.1) is 5.92 Å². The number of benzene rings is 1. The van der Waals surface area contributed by atoms with Crippen LogP contribution < -0.4 is 5.73 Å². The van der Waals surface area contributed by atoms with Gasteiger partial charge in [-0.15, -0.1) is 0 Å². The zero-order valence-electron chi connectivity index (χ0n) is 19.0. The number of nitrogens with zero attached hydrogens (tertiary/aromatic N) is 4. The molecule has 2 amide bonds. The van der Waals surface area contributed by atoms with Crippen molar-refractivity contribution in [3.63, 3.8) is 0 Å². The normalized spacial score (nSPS) is 18.5. The summed E-state index contributed by atoms with van der Waals surface area (Å²) in [6.45, 7) is 2.83. The topological polar surface area (TPSA) is 143 Å². The van der Waals surface area contributed by atoms with Crippen molar-refractivity contribution in [1.29, 1.82) is 0 Å². The molecular weight excluding hydrogens is 471 g/mol. The number of amides is 2. The second-order valence-electron chi connectivity index (χ2n) is 8.49. The van der Waals surface area contributed by atoms with Gasteiger partial charge in [-0.2, -0.15) is 4.98 Å². The average Bonchev–Trinajstić information content (AvgIpc) is 3.41. The summed E-state index contributed by atoms with van der Waals surface area (Å²) in [4.78, 5) is 40.3. The van der Waals surface area contributed by atoms with E-state index >= 15 is 0 Å². The third-order valence-electron chi connectivity index (χ3n) is 6.02. The van der Waals surface area contributed by atoms with Gasteiger partial charge >= 0.3 is 0 Å². The van der Waals surface area contributed by atoms with Gasteiger partial charge in [-0.05, 0) is 30.9 Å². The highest BCUT2D eigenvalue weighted by molar-refractivity contribution is 5.77. The molecule has 0 saturated carbocycles. The molecule has 1 aromatic carbocycles. The molecule has 0 unspecified atom stereocenters. The van der Waals surface area contributed by atoms with Gasteiger partial charge in [0.25, 0.3) is 6.47 Å². The van der Waals surface area contributed by atoms with E-state index in [0.717, 1.165) is 12.5 Å². The second-order valence-corrected chi connectivity index (χ2v) is 8.49. The van der Waals surface area contributed by atoms with Crippen LogP contribution in [0.2, 0.25) is 0 Å². The first-order chi connectivity index (χ1) is 16.6.